The van der Waals surface area contributed by atoms with Crippen molar-refractivity contribution in [1.29, 1.82) is 0 Å². The van der Waals surface area contributed by atoms with Crippen LogP contribution < -0.4 is 10.1 Å². The number of nitrogens with zero attached hydrogens (tertiary/aromatic N) is 2. The lowest BCUT2D eigenvalue weighted by Crippen LogP contribution is -2.33. The third-order valence-corrected chi connectivity index (χ3v) is 4.45. The van der Waals surface area contributed by atoms with Crippen LogP contribution in [0.2, 0.25) is 0 Å². The first-order chi connectivity index (χ1) is 10.8. The summed E-state index contributed by atoms with van der Waals surface area (Å²) in [7, 11) is 1.65. The van der Waals surface area contributed by atoms with Crippen LogP contribution in [-0.2, 0) is 6.42 Å². The van der Waals surface area contributed by atoms with Gasteiger partial charge < -0.3 is 14.6 Å². The highest BCUT2D eigenvalue weighted by atomic mass is 16.5. The minimum Gasteiger partial charge on any atom is -0.496 e. The van der Waals surface area contributed by atoms with Crippen LogP contribution in [0, 0.1) is 11.8 Å². The molecule has 3 rings (SSSR count). The monoisotopic (exact) mass is 301 g/mol. The van der Waals surface area contributed by atoms with E-state index in [0.717, 1.165) is 30.8 Å². The molecule has 0 amide bonds. The standard InChI is InChI=1S/C17H23N3O2/c1-12(13-6-5-9-18-11-13)10-16-19-17(20-22-16)14-7-3-4-8-15(14)21-2/h3-4,7-8,12-13,18H,5-6,9-11H2,1-2H3. The molecule has 1 fully saturated rings. The fraction of sp³-hybridized carbons (Fsp3) is 0.529. The van der Waals surface area contributed by atoms with E-state index >= 15 is 0 Å². The molecule has 2 unspecified atom stereocenters. The molecule has 1 aliphatic rings. The topological polar surface area (TPSA) is 60.2 Å². The molecule has 2 heterocycles. The van der Waals surface area contributed by atoms with Gasteiger partial charge in [-0.1, -0.05) is 24.2 Å². The number of hydrogen-bond donors (Lipinski definition) is 1. The van der Waals surface area contributed by atoms with E-state index in [1.807, 2.05) is 24.3 Å². The lowest BCUT2D eigenvalue weighted by Gasteiger charge is -2.27. The Morgan fingerprint density at radius 2 is 2.27 bits per heavy atom. The number of ether oxygens (including phenoxy) is 1. The van der Waals surface area contributed by atoms with Gasteiger partial charge in [0.15, 0.2) is 0 Å². The smallest absolute Gasteiger partial charge is 0.227 e. The van der Waals surface area contributed by atoms with Crippen LogP contribution in [0.3, 0.4) is 0 Å². The van der Waals surface area contributed by atoms with E-state index in [0.29, 0.717) is 23.6 Å². The van der Waals surface area contributed by atoms with Crippen LogP contribution in [0.4, 0.5) is 0 Å². The zero-order valence-electron chi connectivity index (χ0n) is 13.2. The SMILES string of the molecule is COc1ccccc1-c1noc(CC(C)C2CCCNC2)n1. The van der Waals surface area contributed by atoms with Gasteiger partial charge in [-0.15, -0.1) is 0 Å². The summed E-state index contributed by atoms with van der Waals surface area (Å²) < 4.78 is 10.8. The molecule has 1 saturated heterocycles. The molecule has 22 heavy (non-hydrogen) atoms. The average Bonchev–Trinajstić information content (AvgIpc) is 3.04. The minimum absolute atomic E-state index is 0.541. The highest BCUT2D eigenvalue weighted by molar-refractivity contribution is 5.63. The van der Waals surface area contributed by atoms with Crippen molar-refractivity contribution in [3.05, 3.63) is 30.2 Å². The lowest BCUT2D eigenvalue weighted by atomic mass is 9.85. The molecule has 0 aliphatic carbocycles. The van der Waals surface area contributed by atoms with Gasteiger partial charge >= 0.3 is 0 Å². The molecule has 0 spiro atoms. The number of piperidine rings is 1. The van der Waals surface area contributed by atoms with E-state index in [1.54, 1.807) is 7.11 Å². The first-order valence-electron chi connectivity index (χ1n) is 7.94. The molecular weight excluding hydrogens is 278 g/mol. The summed E-state index contributed by atoms with van der Waals surface area (Å²) >= 11 is 0. The summed E-state index contributed by atoms with van der Waals surface area (Å²) in [6, 6.07) is 7.73. The lowest BCUT2D eigenvalue weighted by molar-refractivity contribution is 0.257. The second kappa shape index (κ2) is 6.92. The van der Waals surface area contributed by atoms with E-state index in [2.05, 4.69) is 22.4 Å². The largest absolute Gasteiger partial charge is 0.496 e. The summed E-state index contributed by atoms with van der Waals surface area (Å²) in [5.41, 5.74) is 0.868. The Hall–Kier alpha value is -1.88. The highest BCUT2D eigenvalue weighted by Gasteiger charge is 2.22. The van der Waals surface area contributed by atoms with Crippen LogP contribution >= 0.6 is 0 Å². The van der Waals surface area contributed by atoms with Gasteiger partial charge in [-0.2, -0.15) is 4.98 Å². The molecule has 0 saturated carbocycles. The van der Waals surface area contributed by atoms with Crippen molar-refractivity contribution in [1.82, 2.24) is 15.5 Å². The van der Waals surface area contributed by atoms with Gasteiger partial charge in [-0.25, -0.2) is 0 Å². The summed E-state index contributed by atoms with van der Waals surface area (Å²) in [4.78, 5) is 4.55. The highest BCUT2D eigenvalue weighted by Crippen LogP contribution is 2.28. The van der Waals surface area contributed by atoms with Crippen LogP contribution in [-0.4, -0.2) is 30.3 Å². The van der Waals surface area contributed by atoms with Crippen LogP contribution in [0.1, 0.15) is 25.7 Å². The van der Waals surface area contributed by atoms with Gasteiger partial charge in [0.2, 0.25) is 11.7 Å². The number of hydrogen-bond acceptors (Lipinski definition) is 5. The van der Waals surface area contributed by atoms with E-state index < -0.39 is 0 Å². The molecule has 1 N–H and O–H groups in total. The molecule has 2 atom stereocenters. The Labute approximate surface area is 131 Å². The number of aromatic nitrogens is 2. The quantitative estimate of drug-likeness (QED) is 0.920. The predicted octanol–water partition coefficient (Wildman–Crippen LogP) is 2.92. The van der Waals surface area contributed by atoms with Crippen molar-refractivity contribution < 1.29 is 9.26 Å². The van der Waals surface area contributed by atoms with Crippen molar-refractivity contribution in [2.75, 3.05) is 20.2 Å². The first-order valence-corrected chi connectivity index (χ1v) is 7.94. The fourth-order valence-electron chi connectivity index (χ4n) is 3.08. The number of para-hydroxylation sites is 1. The maximum Gasteiger partial charge on any atom is 0.227 e. The van der Waals surface area contributed by atoms with Crippen LogP contribution in [0.5, 0.6) is 5.75 Å². The van der Waals surface area contributed by atoms with Gasteiger partial charge in [-0.3, -0.25) is 0 Å². The molecule has 5 nitrogen and oxygen atoms in total. The molecule has 5 heteroatoms. The Bertz CT molecular complexity index is 605. The van der Waals surface area contributed by atoms with Gasteiger partial charge in [0.05, 0.1) is 12.7 Å². The first kappa shape index (κ1) is 15.0. The zero-order chi connectivity index (χ0) is 15.4. The number of benzene rings is 1. The van der Waals surface area contributed by atoms with Crippen molar-refractivity contribution >= 4 is 0 Å². The predicted molar refractivity (Wildman–Crippen MR) is 84.7 cm³/mol. The van der Waals surface area contributed by atoms with Crippen molar-refractivity contribution in [3.8, 4) is 17.1 Å². The Balaban J connectivity index is 1.70. The summed E-state index contributed by atoms with van der Waals surface area (Å²) in [5.74, 6) is 3.30. The van der Waals surface area contributed by atoms with E-state index in [-0.39, 0.29) is 0 Å². The minimum atomic E-state index is 0.541. The molecule has 1 aliphatic heterocycles. The molecule has 0 bridgehead atoms. The molecular formula is C17H23N3O2. The number of methoxy groups -OCH3 is 1. The molecule has 118 valence electrons. The van der Waals surface area contributed by atoms with Crippen LogP contribution in [0.25, 0.3) is 11.4 Å². The van der Waals surface area contributed by atoms with Crippen LogP contribution in [0.15, 0.2) is 28.8 Å². The van der Waals surface area contributed by atoms with Gasteiger partial charge in [0.1, 0.15) is 5.75 Å². The van der Waals surface area contributed by atoms with Crippen molar-refractivity contribution in [3.63, 3.8) is 0 Å². The van der Waals surface area contributed by atoms with E-state index in [9.17, 15) is 0 Å². The number of nitrogens with one attached hydrogen (secondary N) is 1. The molecule has 0 radical (unpaired) electrons. The third kappa shape index (κ3) is 3.30. The maximum atomic E-state index is 5.44. The Morgan fingerprint density at radius 1 is 1.41 bits per heavy atom. The maximum absolute atomic E-state index is 5.44. The normalized spacial score (nSPS) is 19.8. The Kier molecular flexibility index (Phi) is 4.73. The van der Waals surface area contributed by atoms with Crippen molar-refractivity contribution in [2.45, 2.75) is 26.2 Å². The van der Waals surface area contributed by atoms with Gasteiger partial charge in [0.25, 0.3) is 0 Å². The second-order valence-electron chi connectivity index (χ2n) is 6.00. The summed E-state index contributed by atoms with van der Waals surface area (Å²) in [6.07, 6.45) is 3.36. The van der Waals surface area contributed by atoms with Crippen molar-refractivity contribution in [2.24, 2.45) is 11.8 Å². The van der Waals surface area contributed by atoms with Gasteiger partial charge in [0, 0.05) is 6.42 Å². The molecule has 2 aromatic rings. The third-order valence-electron chi connectivity index (χ3n) is 4.45. The average molecular weight is 301 g/mol. The molecule has 1 aromatic heterocycles. The molecule has 1 aromatic carbocycles. The fourth-order valence-corrected chi connectivity index (χ4v) is 3.08. The van der Waals surface area contributed by atoms with E-state index in [4.69, 9.17) is 9.26 Å². The zero-order valence-corrected chi connectivity index (χ0v) is 13.2. The van der Waals surface area contributed by atoms with Gasteiger partial charge in [-0.05, 0) is 49.9 Å². The Morgan fingerprint density at radius 3 is 3.05 bits per heavy atom. The second-order valence-corrected chi connectivity index (χ2v) is 6.00. The number of rotatable bonds is 5. The summed E-state index contributed by atoms with van der Waals surface area (Å²) in [5, 5.41) is 7.58. The van der Waals surface area contributed by atoms with E-state index in [1.165, 1.54) is 12.8 Å². The summed E-state index contributed by atoms with van der Waals surface area (Å²) in [6.45, 7) is 4.50.